The molecule has 7 N–H and O–H groups in total. The fourth-order valence-electron chi connectivity index (χ4n) is 16.3. The van der Waals surface area contributed by atoms with Crippen LogP contribution in [-0.2, 0) is 75.0 Å². The van der Waals surface area contributed by atoms with Gasteiger partial charge < -0.3 is 93.7 Å². The van der Waals surface area contributed by atoms with E-state index in [0.29, 0.717) is 87.0 Å². The molecule has 4 aliphatic heterocycles. The van der Waals surface area contributed by atoms with Crippen molar-refractivity contribution in [2.24, 2.45) is 16.2 Å². The molecule has 7 heterocycles. The number of allylic oxidation sites excluding steroid dienone is 4. The molecule has 7 aliphatic rings. The standard InChI is InChI=1S/C30H37BrF2N4O7.C30H38F2N4O8.C29H34F2N4O7/c1-29(2,3)24(36-28(41)44-22-12-7-11-21(22)38)26(39)37-16-17(15-20(37)27(40)42-4)43-25-23(30(32,33)13-8-14-31)34-18-9-5-6-10-19(18)35-25;1-29(2,3)24(35-28(41)44-22-12-7-11-21(22)38)26(39)36-16-17(15-20(36)27(40)42-4)43-25-23(30(31,32)13-8-14-37)33-18-9-5-6-10-19(18)34-25;1-28(2,3)23-25(36)35-15-16(14-19(35)26(37)38)41-24-22(32-17-8-4-5-9-18(17)33-24)29(30,31)12-7-13-40-20-10-6-11-21(20)42-27(39)34-23/h5-6,8-10,13,17,20-22,24,38H,7,11-12,14-16H2,1-4H3,(H,36,41);5-6,8-10,13,17,20-22,24,37-38H,7,11-12,14-16H2,1-4H3,(H,35,41);4-5,7-9,12,16,19-21,23H,6,10-11,13-15H2,1-3H3,(H,34,39)(H,37,38)/b2*13-8+;12-7+/t2*17-,20+,21-,22-,24-;16?,19-,20+,21+,23+/m110/s1. The van der Waals surface area contributed by atoms with Gasteiger partial charge in [-0.05, 0) is 129 Å². The van der Waals surface area contributed by atoms with Gasteiger partial charge in [0.2, 0.25) is 35.4 Å². The van der Waals surface area contributed by atoms with E-state index < -0.39 is 220 Å². The average Bonchev–Trinajstić information content (AvgIpc) is 1.35. The van der Waals surface area contributed by atoms with Crippen molar-refractivity contribution >= 4 is 103 Å². The van der Waals surface area contributed by atoms with Crippen LogP contribution >= 0.6 is 15.9 Å². The molecule has 3 saturated heterocycles. The minimum atomic E-state index is -3.67. The molecule has 6 amide bonds. The SMILES string of the molecule is CC(C)(C)[C@@H]1NC(=O)O[C@@H]2CCC[C@H]2OC/C=C/C(F)(F)c2nc3ccccc3nc2OC2C[C@@H](C(=O)O)N(C2)C1=O.COC(=O)[C@@H]1C[C@@H](Oc2nc3ccccc3nc2C(F)(F)/C=C/CBr)CN1C(=O)[C@@H](NC(=O)O[C@@H]1CCC[C@H]1O)C(C)(C)C.COC(=O)[C@@H]1C[C@@H](Oc2nc3ccccc3nc2C(F)(F)/C=C/CO)CN1C(=O)[C@@H](NC(=O)O[C@@H]1CCC[C@H]1O)C(C)(C)C. The molecule has 15 atom stereocenters. The van der Waals surface area contributed by atoms with E-state index in [4.69, 9.17) is 47.7 Å². The van der Waals surface area contributed by atoms with E-state index in [1.807, 2.05) is 0 Å². The highest BCUT2D eigenvalue weighted by Gasteiger charge is 2.53. The van der Waals surface area contributed by atoms with Gasteiger partial charge in [0.15, 0.2) is 17.1 Å². The number of carbonyl (C=O) groups excluding carboxylic acids is 8. The number of benzene rings is 3. The Hall–Kier alpha value is -11.2. The molecule has 130 heavy (non-hydrogen) atoms. The number of aliphatic hydroxyl groups is 3. The Kier molecular flexibility index (Phi) is 32.1. The van der Waals surface area contributed by atoms with E-state index in [-0.39, 0.29) is 72.9 Å². The zero-order chi connectivity index (χ0) is 94.7. The van der Waals surface area contributed by atoms with Gasteiger partial charge in [0.25, 0.3) is 0 Å². The topological polar surface area (TPSA) is 441 Å². The highest BCUT2D eigenvalue weighted by Crippen LogP contribution is 2.43. The second kappa shape index (κ2) is 41.9. The normalized spacial score (nSPS) is 25.1. The number of aliphatic carboxylic acids is 1. The van der Waals surface area contributed by atoms with Crippen molar-refractivity contribution in [1.82, 2.24) is 60.6 Å². The largest absolute Gasteiger partial charge is 0.480 e. The van der Waals surface area contributed by atoms with E-state index in [1.165, 1.54) is 35.1 Å². The van der Waals surface area contributed by atoms with Crippen LogP contribution in [0.5, 0.6) is 17.6 Å². The molecule has 3 aromatic carbocycles. The first-order chi connectivity index (χ1) is 61.3. The highest BCUT2D eigenvalue weighted by molar-refractivity contribution is 9.09. The third-order valence-electron chi connectivity index (χ3n) is 23.0. The highest BCUT2D eigenvalue weighted by atomic mass is 79.9. The number of nitrogens with one attached hydrogen (secondary N) is 3. The van der Waals surface area contributed by atoms with Crippen molar-refractivity contribution in [1.29, 1.82) is 0 Å². The predicted octanol–water partition coefficient (Wildman–Crippen LogP) is 10.9. The van der Waals surface area contributed by atoms with Gasteiger partial charge in [-0.3, -0.25) is 14.4 Å². The number of aliphatic hydroxyl groups excluding tert-OH is 3. The smallest absolute Gasteiger partial charge is 0.408 e. The Morgan fingerprint density at radius 1 is 0.592 bits per heavy atom. The molecule has 0 spiro atoms. The number of hydrogen-bond acceptors (Lipinski definition) is 27. The van der Waals surface area contributed by atoms with Gasteiger partial charge in [-0.1, -0.05) is 133 Å². The average molecular weight is 1890 g/mol. The number of aromatic nitrogens is 6. The molecule has 1 unspecified atom stereocenters. The van der Waals surface area contributed by atoms with Crippen molar-refractivity contribution in [3.63, 3.8) is 0 Å². The number of likely N-dealkylation sites (tertiary alicyclic amines) is 2. The number of methoxy groups -OCH3 is 2. The van der Waals surface area contributed by atoms with Crippen molar-refractivity contribution in [3.8, 4) is 17.6 Å². The van der Waals surface area contributed by atoms with Crippen molar-refractivity contribution in [2.75, 3.05) is 52.4 Å². The number of nitrogens with zero attached hydrogens (tertiary/aromatic N) is 9. The Bertz CT molecular complexity index is 4990. The van der Waals surface area contributed by atoms with Crippen LogP contribution in [-0.4, -0.2) is 263 Å². The van der Waals surface area contributed by atoms with Crippen LogP contribution in [0.2, 0.25) is 0 Å². The lowest BCUT2D eigenvalue weighted by atomic mass is 9.85. The number of amides is 6. The predicted molar refractivity (Wildman–Crippen MR) is 457 cm³/mol. The lowest BCUT2D eigenvalue weighted by Gasteiger charge is -2.35. The van der Waals surface area contributed by atoms with Gasteiger partial charge in [0, 0.05) is 24.6 Å². The Morgan fingerprint density at radius 3 is 1.45 bits per heavy atom. The number of ether oxygens (including phenoxy) is 9. The molecule has 0 radical (unpaired) electrons. The van der Waals surface area contributed by atoms with Crippen LogP contribution in [0.1, 0.15) is 156 Å². The summed E-state index contributed by atoms with van der Waals surface area (Å²) >= 11 is 3.10. The number of halogens is 7. The van der Waals surface area contributed by atoms with E-state index >= 15 is 26.3 Å². The first kappa shape index (κ1) is 99.4. The minimum Gasteiger partial charge on any atom is -0.480 e. The number of alkyl carbamates (subject to hydrolysis) is 3. The zero-order valence-electron chi connectivity index (χ0n) is 73.6. The number of rotatable bonds is 19. The molecule has 34 nitrogen and oxygen atoms in total. The van der Waals surface area contributed by atoms with Crippen molar-refractivity contribution in [2.45, 2.75) is 248 Å². The number of carbonyl (C=O) groups is 9. The second-order valence-electron chi connectivity index (χ2n) is 35.8. The summed E-state index contributed by atoms with van der Waals surface area (Å²) in [4.78, 5) is 147. The molecule has 2 bridgehead atoms. The number of para-hydroxylation sites is 6. The van der Waals surface area contributed by atoms with Gasteiger partial charge in [-0.15, -0.1) is 0 Å². The maximum Gasteiger partial charge on any atom is 0.408 e. The van der Waals surface area contributed by atoms with Crippen LogP contribution < -0.4 is 30.2 Å². The van der Waals surface area contributed by atoms with Gasteiger partial charge in [-0.25, -0.2) is 58.7 Å². The first-order valence-electron chi connectivity index (χ1n) is 42.7. The summed E-state index contributed by atoms with van der Waals surface area (Å²) in [7, 11) is 2.33. The zero-order valence-corrected chi connectivity index (χ0v) is 75.2. The van der Waals surface area contributed by atoms with E-state index in [2.05, 4.69) is 61.8 Å². The molecule has 13 rings (SSSR count). The summed E-state index contributed by atoms with van der Waals surface area (Å²) < 4.78 is 142. The van der Waals surface area contributed by atoms with Crippen LogP contribution in [0.4, 0.5) is 40.7 Å². The molecule has 6 aromatic rings. The summed E-state index contributed by atoms with van der Waals surface area (Å²) in [6.45, 7) is 14.1. The number of carboxylic acids is 1. The van der Waals surface area contributed by atoms with Crippen molar-refractivity contribution < 1.29 is 133 Å². The monoisotopic (exact) mass is 1890 g/mol. The fraction of sp³-hybridized carbons (Fsp3) is 0.562. The van der Waals surface area contributed by atoms with E-state index in [9.17, 15) is 58.5 Å². The van der Waals surface area contributed by atoms with E-state index in [1.54, 1.807) is 129 Å². The van der Waals surface area contributed by atoms with Crippen LogP contribution in [0, 0.1) is 16.2 Å². The van der Waals surface area contributed by atoms with E-state index in [0.717, 1.165) is 18.1 Å². The maximum atomic E-state index is 15.6. The van der Waals surface area contributed by atoms with Gasteiger partial charge in [-0.2, -0.15) is 26.3 Å². The Morgan fingerprint density at radius 2 is 1.03 bits per heavy atom. The molecule has 41 heteroatoms. The summed E-state index contributed by atoms with van der Waals surface area (Å²) in [5.41, 5.74) is -3.16. The van der Waals surface area contributed by atoms with Gasteiger partial charge >= 0.3 is 54.0 Å². The third kappa shape index (κ3) is 24.3. The molecule has 3 saturated carbocycles. The number of esters is 2. The quantitative estimate of drug-likeness (QED) is 0.0130. The molecular formula is C89H109BrF6N12O22. The van der Waals surface area contributed by atoms with Crippen LogP contribution in [0.15, 0.2) is 109 Å². The summed E-state index contributed by atoms with van der Waals surface area (Å²) in [5, 5.41) is 47.1. The maximum absolute atomic E-state index is 15.6. The van der Waals surface area contributed by atoms with Crippen LogP contribution in [0.25, 0.3) is 33.1 Å². The molecular weight excluding hydrogens is 1780 g/mol. The van der Waals surface area contributed by atoms with Gasteiger partial charge in [0.1, 0.15) is 72.9 Å². The number of fused-ring (bicyclic) bond motifs is 7. The summed E-state index contributed by atoms with van der Waals surface area (Å²) in [6.07, 6.45) is 0.316. The number of alkyl halides is 7. The fourth-order valence-corrected chi connectivity index (χ4v) is 16.5. The lowest BCUT2D eigenvalue weighted by molar-refractivity contribution is -0.152. The summed E-state index contributed by atoms with van der Waals surface area (Å²) in [6, 6.07) is 12.3. The third-order valence-corrected chi connectivity index (χ3v) is 23.4. The lowest BCUT2D eigenvalue weighted by Crippen LogP contribution is -2.57. The Labute approximate surface area is 753 Å². The van der Waals surface area contributed by atoms with Crippen LogP contribution in [0.3, 0.4) is 0 Å². The molecule has 3 aliphatic carbocycles. The van der Waals surface area contributed by atoms with Gasteiger partial charge in [0.05, 0.1) is 98.5 Å². The molecule has 6 fully saturated rings. The first-order valence-corrected chi connectivity index (χ1v) is 43.8. The summed E-state index contributed by atoms with van der Waals surface area (Å²) in [5.74, 6) is -16.9. The minimum absolute atomic E-state index is 0.0786. The molecule has 706 valence electrons. The number of carboxylic acid groups (broad SMARTS) is 1. The number of hydrogen-bond donors (Lipinski definition) is 7. The molecule has 3 aromatic heterocycles. The van der Waals surface area contributed by atoms with Crippen molar-refractivity contribution in [3.05, 3.63) is 126 Å². The Balaban J connectivity index is 0.000000189. The second-order valence-corrected chi connectivity index (χ2v) is 36.4.